The highest BCUT2D eigenvalue weighted by Crippen LogP contribution is 2.37. The van der Waals surface area contributed by atoms with Crippen molar-refractivity contribution in [2.75, 3.05) is 24.5 Å². The molecule has 3 rings (SSSR count). The van der Waals surface area contributed by atoms with Gasteiger partial charge < -0.3 is 10.2 Å². The summed E-state index contributed by atoms with van der Waals surface area (Å²) in [7, 11) is -3.81. The Kier molecular flexibility index (Phi) is 6.65. The van der Waals surface area contributed by atoms with Crippen molar-refractivity contribution < 1.29 is 18.0 Å². The summed E-state index contributed by atoms with van der Waals surface area (Å²) in [5, 5.41) is 2.96. The van der Waals surface area contributed by atoms with Gasteiger partial charge >= 0.3 is 0 Å². The van der Waals surface area contributed by atoms with Crippen molar-refractivity contribution in [3.63, 3.8) is 0 Å². The van der Waals surface area contributed by atoms with Crippen molar-refractivity contribution >= 4 is 43.5 Å². The Balaban J connectivity index is 1.88. The molecule has 2 amide bonds. The second-order valence-corrected chi connectivity index (χ2v) is 11.8. The molecule has 2 aliphatic heterocycles. The van der Waals surface area contributed by atoms with Crippen LogP contribution in [0.1, 0.15) is 52.5 Å². The zero-order valence-electron chi connectivity index (χ0n) is 18.0. The van der Waals surface area contributed by atoms with E-state index in [4.69, 9.17) is 0 Å². The van der Waals surface area contributed by atoms with E-state index in [9.17, 15) is 18.0 Å². The third-order valence-electron chi connectivity index (χ3n) is 5.50. The highest BCUT2D eigenvalue weighted by molar-refractivity contribution is 9.10. The number of halogens is 1. The van der Waals surface area contributed by atoms with Crippen LogP contribution in [0.25, 0.3) is 0 Å². The number of carbonyl (C=O) groups excluding carboxylic acids is 2. The Labute approximate surface area is 187 Å². The van der Waals surface area contributed by atoms with Crippen molar-refractivity contribution in [2.45, 2.75) is 63.8 Å². The number of nitrogens with zero attached hydrogens (tertiary/aromatic N) is 2. The minimum Gasteiger partial charge on any atom is -0.351 e. The molecule has 0 saturated carbocycles. The average molecular weight is 500 g/mol. The number of hydrogen-bond donors (Lipinski definition) is 1. The first-order valence-corrected chi connectivity index (χ1v) is 12.6. The molecule has 7 nitrogen and oxygen atoms in total. The molecule has 0 radical (unpaired) electrons. The molecule has 0 bridgehead atoms. The fourth-order valence-corrected chi connectivity index (χ4v) is 6.62. The summed E-state index contributed by atoms with van der Waals surface area (Å²) in [6.45, 7) is 8.63. The second kappa shape index (κ2) is 8.59. The fourth-order valence-electron chi connectivity index (χ4n) is 4.02. The van der Waals surface area contributed by atoms with Crippen LogP contribution >= 0.6 is 15.9 Å². The number of fused-ring (bicyclic) bond motifs is 1. The minimum atomic E-state index is -3.81. The predicted octanol–water partition coefficient (Wildman–Crippen LogP) is 3.06. The molecule has 1 aromatic rings. The van der Waals surface area contributed by atoms with E-state index in [2.05, 4.69) is 21.2 Å². The number of rotatable bonds is 4. The monoisotopic (exact) mass is 499 g/mol. The summed E-state index contributed by atoms with van der Waals surface area (Å²) < 4.78 is 28.8. The summed E-state index contributed by atoms with van der Waals surface area (Å²) in [6, 6.07) is 3.41. The lowest BCUT2D eigenvalue weighted by atomic mass is 9.97. The van der Waals surface area contributed by atoms with E-state index in [0.717, 1.165) is 5.56 Å². The van der Waals surface area contributed by atoms with Crippen LogP contribution in [0.15, 0.2) is 21.5 Å². The maximum Gasteiger partial charge on any atom is 0.244 e. The molecule has 2 heterocycles. The molecular formula is C21H30BrN3O4S. The number of anilines is 1. The molecule has 2 aliphatic rings. The lowest BCUT2D eigenvalue weighted by Gasteiger charge is -2.33. The van der Waals surface area contributed by atoms with Gasteiger partial charge in [0.25, 0.3) is 0 Å². The van der Waals surface area contributed by atoms with Crippen molar-refractivity contribution in [1.82, 2.24) is 9.62 Å². The normalized spacial score (nSPS) is 20.2. The van der Waals surface area contributed by atoms with Gasteiger partial charge in [0.1, 0.15) is 0 Å². The van der Waals surface area contributed by atoms with E-state index in [0.29, 0.717) is 48.9 Å². The van der Waals surface area contributed by atoms with E-state index < -0.39 is 10.0 Å². The molecule has 1 aromatic carbocycles. The summed E-state index contributed by atoms with van der Waals surface area (Å²) in [5.41, 5.74) is 1.27. The van der Waals surface area contributed by atoms with Crippen LogP contribution in [-0.4, -0.2) is 49.7 Å². The first kappa shape index (κ1) is 23.2. The number of nitrogens with one attached hydrogen (secondary N) is 1. The molecule has 0 spiro atoms. The van der Waals surface area contributed by atoms with Gasteiger partial charge in [0.05, 0.1) is 10.8 Å². The van der Waals surface area contributed by atoms with Crippen LogP contribution < -0.4 is 10.2 Å². The molecule has 0 unspecified atom stereocenters. The summed E-state index contributed by atoms with van der Waals surface area (Å²) in [5.74, 6) is -0.509. The highest BCUT2D eigenvalue weighted by Gasteiger charge is 2.36. The lowest BCUT2D eigenvalue weighted by Crippen LogP contribution is -2.49. The van der Waals surface area contributed by atoms with Gasteiger partial charge in [-0.2, -0.15) is 4.31 Å². The van der Waals surface area contributed by atoms with Crippen LogP contribution in [0.2, 0.25) is 0 Å². The Bertz CT molecular complexity index is 956. The van der Waals surface area contributed by atoms with Gasteiger partial charge in [0.15, 0.2) is 0 Å². The maximum atomic E-state index is 13.5. The van der Waals surface area contributed by atoms with Crippen molar-refractivity contribution in [3.8, 4) is 0 Å². The number of sulfonamides is 1. The molecule has 166 valence electrons. The van der Waals surface area contributed by atoms with Crippen molar-refractivity contribution in [1.29, 1.82) is 0 Å². The molecule has 1 fully saturated rings. The number of piperidine rings is 1. The molecule has 0 aliphatic carbocycles. The average Bonchev–Trinajstić information content (AvgIpc) is 3.08. The minimum absolute atomic E-state index is 0.0173. The number of amides is 2. The predicted molar refractivity (Wildman–Crippen MR) is 120 cm³/mol. The third kappa shape index (κ3) is 4.73. The van der Waals surface area contributed by atoms with Gasteiger partial charge in [0.2, 0.25) is 21.8 Å². The maximum absolute atomic E-state index is 13.5. The van der Waals surface area contributed by atoms with E-state index in [-0.39, 0.29) is 34.7 Å². The Morgan fingerprint density at radius 3 is 2.57 bits per heavy atom. The van der Waals surface area contributed by atoms with Gasteiger partial charge in [-0.25, -0.2) is 8.42 Å². The van der Waals surface area contributed by atoms with Gasteiger partial charge in [-0.15, -0.1) is 0 Å². The Morgan fingerprint density at radius 2 is 1.93 bits per heavy atom. The van der Waals surface area contributed by atoms with Crippen LogP contribution in [0.4, 0.5) is 5.69 Å². The van der Waals surface area contributed by atoms with E-state index in [1.807, 2.05) is 20.8 Å². The molecule has 0 aromatic heterocycles. The number of benzene rings is 1. The summed E-state index contributed by atoms with van der Waals surface area (Å²) >= 11 is 3.42. The van der Waals surface area contributed by atoms with Crippen LogP contribution in [0.3, 0.4) is 0 Å². The van der Waals surface area contributed by atoms with Gasteiger partial charge in [-0.1, -0.05) is 6.92 Å². The topological polar surface area (TPSA) is 86.8 Å². The summed E-state index contributed by atoms with van der Waals surface area (Å²) in [4.78, 5) is 26.7. The molecule has 1 N–H and O–H groups in total. The van der Waals surface area contributed by atoms with E-state index >= 15 is 0 Å². The van der Waals surface area contributed by atoms with Gasteiger partial charge in [-0.05, 0) is 73.7 Å². The molecule has 30 heavy (non-hydrogen) atoms. The van der Waals surface area contributed by atoms with Crippen molar-refractivity contribution in [3.05, 3.63) is 22.2 Å². The van der Waals surface area contributed by atoms with Crippen molar-refractivity contribution in [2.24, 2.45) is 5.92 Å². The smallest absolute Gasteiger partial charge is 0.244 e. The Hall–Kier alpha value is -1.45. The SMILES string of the molecule is CCC(=O)N1CCc2cc(Br)c(S(=O)(=O)N3CCC[C@@H](C(=O)NC(C)(C)C)C3)cc21. The number of carbonyl (C=O) groups is 2. The summed E-state index contributed by atoms with van der Waals surface area (Å²) in [6.07, 6.45) is 2.37. The Morgan fingerprint density at radius 1 is 1.23 bits per heavy atom. The third-order valence-corrected chi connectivity index (χ3v) is 8.33. The zero-order valence-corrected chi connectivity index (χ0v) is 20.4. The standard InChI is InChI=1S/C21H30BrN3O4S/c1-5-19(26)25-10-8-14-11-16(22)18(12-17(14)25)30(28,29)24-9-6-7-15(13-24)20(27)23-21(2,3)4/h11-12,15H,5-10,13H2,1-4H3,(H,23,27)/t15-/m1/s1. The van der Waals surface area contributed by atoms with Gasteiger partial charge in [-0.3, -0.25) is 9.59 Å². The first-order valence-electron chi connectivity index (χ1n) is 10.4. The lowest BCUT2D eigenvalue weighted by molar-refractivity contribution is -0.127. The van der Waals surface area contributed by atoms with E-state index in [1.165, 1.54) is 4.31 Å². The fraction of sp³-hybridized carbons (Fsp3) is 0.619. The molecule has 1 atom stereocenters. The molecule has 1 saturated heterocycles. The first-order chi connectivity index (χ1) is 13.9. The van der Waals surface area contributed by atoms with Crippen LogP contribution in [0, 0.1) is 5.92 Å². The highest BCUT2D eigenvalue weighted by atomic mass is 79.9. The van der Waals surface area contributed by atoms with Crippen LogP contribution in [-0.2, 0) is 26.0 Å². The largest absolute Gasteiger partial charge is 0.351 e. The molecular weight excluding hydrogens is 470 g/mol. The second-order valence-electron chi connectivity index (χ2n) is 9.00. The van der Waals surface area contributed by atoms with Gasteiger partial charge in [0, 0.05) is 41.8 Å². The zero-order chi connectivity index (χ0) is 22.3. The number of hydrogen-bond acceptors (Lipinski definition) is 4. The quantitative estimate of drug-likeness (QED) is 0.689. The molecule has 9 heteroatoms. The van der Waals surface area contributed by atoms with Crippen LogP contribution in [0.5, 0.6) is 0 Å². The van der Waals surface area contributed by atoms with E-state index in [1.54, 1.807) is 24.0 Å².